The van der Waals surface area contributed by atoms with E-state index in [9.17, 15) is 4.79 Å². The Bertz CT molecular complexity index is 1030. The van der Waals surface area contributed by atoms with Crippen LogP contribution in [0.3, 0.4) is 0 Å². The van der Waals surface area contributed by atoms with Gasteiger partial charge in [-0.25, -0.2) is 4.98 Å². The molecule has 1 aromatic heterocycles. The third kappa shape index (κ3) is 3.90. The standard InChI is InChI=1S/C24H27N3O3/c1-17-14-25-23(19-7-5-4-6-8-19)27(17)16-18-11-12-26(15-18)24(28)21-10-9-20(29-2)13-22(21)30-3/h4-10,13-14,18H,11-12,15-16H2,1-3H3. The van der Waals surface area contributed by atoms with Crippen LogP contribution >= 0.6 is 0 Å². The quantitative estimate of drug-likeness (QED) is 0.621. The predicted octanol–water partition coefficient (Wildman–Crippen LogP) is 4.04. The average Bonchev–Trinajstić information content (AvgIpc) is 3.40. The van der Waals surface area contributed by atoms with Crippen molar-refractivity contribution in [2.24, 2.45) is 5.92 Å². The summed E-state index contributed by atoms with van der Waals surface area (Å²) in [5.41, 5.74) is 2.82. The summed E-state index contributed by atoms with van der Waals surface area (Å²) in [5, 5.41) is 0. The number of carbonyl (C=O) groups excluding carboxylic acids is 1. The fourth-order valence-corrected chi connectivity index (χ4v) is 4.08. The van der Waals surface area contributed by atoms with E-state index in [0.29, 0.717) is 23.0 Å². The number of ether oxygens (including phenoxy) is 2. The number of hydrogen-bond acceptors (Lipinski definition) is 4. The highest BCUT2D eigenvalue weighted by Crippen LogP contribution is 2.29. The Kier molecular flexibility index (Phi) is 5.74. The van der Waals surface area contributed by atoms with E-state index >= 15 is 0 Å². The van der Waals surface area contributed by atoms with Gasteiger partial charge in [0, 0.05) is 43.2 Å². The van der Waals surface area contributed by atoms with Gasteiger partial charge in [0.2, 0.25) is 0 Å². The lowest BCUT2D eigenvalue weighted by molar-refractivity contribution is 0.0782. The first kappa shape index (κ1) is 20.0. The molecule has 0 spiro atoms. The van der Waals surface area contributed by atoms with E-state index in [1.54, 1.807) is 32.4 Å². The highest BCUT2D eigenvalue weighted by atomic mass is 16.5. The summed E-state index contributed by atoms with van der Waals surface area (Å²) in [6, 6.07) is 15.6. The Balaban J connectivity index is 1.49. The van der Waals surface area contributed by atoms with Crippen LogP contribution < -0.4 is 9.47 Å². The van der Waals surface area contributed by atoms with Crippen LogP contribution in [-0.4, -0.2) is 47.7 Å². The third-order valence-electron chi connectivity index (χ3n) is 5.74. The van der Waals surface area contributed by atoms with Crippen molar-refractivity contribution in [1.29, 1.82) is 0 Å². The molecule has 6 heteroatoms. The van der Waals surface area contributed by atoms with Crippen molar-refractivity contribution < 1.29 is 14.3 Å². The molecule has 4 rings (SSSR count). The molecule has 1 unspecified atom stereocenters. The van der Waals surface area contributed by atoms with Crippen molar-refractivity contribution in [2.75, 3.05) is 27.3 Å². The van der Waals surface area contributed by atoms with E-state index in [0.717, 1.165) is 43.1 Å². The second kappa shape index (κ2) is 8.61. The topological polar surface area (TPSA) is 56.6 Å². The van der Waals surface area contributed by atoms with E-state index < -0.39 is 0 Å². The van der Waals surface area contributed by atoms with Crippen molar-refractivity contribution in [2.45, 2.75) is 19.9 Å². The summed E-state index contributed by atoms with van der Waals surface area (Å²) in [6.07, 6.45) is 2.89. The number of hydrogen-bond donors (Lipinski definition) is 0. The van der Waals surface area contributed by atoms with Gasteiger partial charge in [0.1, 0.15) is 17.3 Å². The van der Waals surface area contributed by atoms with Crippen molar-refractivity contribution in [3.63, 3.8) is 0 Å². The molecule has 1 aliphatic heterocycles. The zero-order valence-electron chi connectivity index (χ0n) is 17.7. The first-order valence-electron chi connectivity index (χ1n) is 10.2. The molecule has 3 aromatic rings. The first-order valence-corrected chi connectivity index (χ1v) is 10.2. The number of aromatic nitrogens is 2. The number of nitrogens with zero attached hydrogens (tertiary/aromatic N) is 3. The number of benzene rings is 2. The van der Waals surface area contributed by atoms with Crippen molar-refractivity contribution in [1.82, 2.24) is 14.5 Å². The van der Waals surface area contributed by atoms with Gasteiger partial charge in [-0.3, -0.25) is 4.79 Å². The molecule has 0 bridgehead atoms. The maximum atomic E-state index is 13.1. The molecule has 6 nitrogen and oxygen atoms in total. The lowest BCUT2D eigenvalue weighted by Gasteiger charge is -2.19. The fourth-order valence-electron chi connectivity index (χ4n) is 4.08. The molecule has 30 heavy (non-hydrogen) atoms. The molecule has 1 atom stereocenters. The second-order valence-corrected chi connectivity index (χ2v) is 7.67. The molecule has 1 amide bonds. The summed E-state index contributed by atoms with van der Waals surface area (Å²) < 4.78 is 12.9. The zero-order chi connectivity index (χ0) is 21.1. The first-order chi connectivity index (χ1) is 14.6. The van der Waals surface area contributed by atoms with Crippen LogP contribution in [-0.2, 0) is 6.54 Å². The lowest BCUT2D eigenvalue weighted by atomic mass is 10.1. The fraction of sp³-hybridized carbons (Fsp3) is 0.333. The molecule has 0 saturated carbocycles. The normalized spacial score (nSPS) is 16.0. The van der Waals surface area contributed by atoms with Crippen LogP contribution in [0.15, 0.2) is 54.7 Å². The van der Waals surface area contributed by atoms with Gasteiger partial charge in [0.15, 0.2) is 0 Å². The average molecular weight is 405 g/mol. The van der Waals surface area contributed by atoms with Gasteiger partial charge in [-0.15, -0.1) is 0 Å². The highest BCUT2D eigenvalue weighted by Gasteiger charge is 2.29. The van der Waals surface area contributed by atoms with Crippen LogP contribution in [0.25, 0.3) is 11.4 Å². The molecule has 2 heterocycles. The Morgan fingerprint density at radius 3 is 2.67 bits per heavy atom. The Labute approximate surface area is 177 Å². The molecule has 1 aliphatic rings. The molecule has 2 aromatic carbocycles. The van der Waals surface area contributed by atoms with Gasteiger partial charge in [0.05, 0.1) is 19.8 Å². The Morgan fingerprint density at radius 2 is 1.93 bits per heavy atom. The van der Waals surface area contributed by atoms with Gasteiger partial charge >= 0.3 is 0 Å². The number of carbonyl (C=O) groups is 1. The molecular formula is C24H27N3O3. The smallest absolute Gasteiger partial charge is 0.257 e. The molecule has 0 aliphatic carbocycles. The molecule has 1 saturated heterocycles. The summed E-state index contributed by atoms with van der Waals surface area (Å²) in [7, 11) is 3.18. The summed E-state index contributed by atoms with van der Waals surface area (Å²) in [4.78, 5) is 19.7. The van der Waals surface area contributed by atoms with Crippen LogP contribution in [0.1, 0.15) is 22.5 Å². The molecule has 1 fully saturated rings. The summed E-state index contributed by atoms with van der Waals surface area (Å²) in [5.74, 6) is 2.58. The number of amides is 1. The third-order valence-corrected chi connectivity index (χ3v) is 5.74. The van der Waals surface area contributed by atoms with E-state index in [1.165, 1.54) is 0 Å². The van der Waals surface area contributed by atoms with Gasteiger partial charge in [-0.05, 0) is 31.4 Å². The van der Waals surface area contributed by atoms with Gasteiger partial charge in [-0.2, -0.15) is 0 Å². The Morgan fingerprint density at radius 1 is 1.13 bits per heavy atom. The minimum absolute atomic E-state index is 0.00244. The van der Waals surface area contributed by atoms with E-state index in [-0.39, 0.29) is 5.91 Å². The zero-order valence-corrected chi connectivity index (χ0v) is 17.7. The van der Waals surface area contributed by atoms with Crippen molar-refractivity contribution in [3.8, 4) is 22.9 Å². The van der Waals surface area contributed by atoms with Crippen molar-refractivity contribution >= 4 is 5.91 Å². The monoisotopic (exact) mass is 405 g/mol. The summed E-state index contributed by atoms with van der Waals surface area (Å²) >= 11 is 0. The van der Waals surface area contributed by atoms with E-state index in [1.807, 2.05) is 29.3 Å². The van der Waals surface area contributed by atoms with Gasteiger partial charge in [-0.1, -0.05) is 30.3 Å². The van der Waals surface area contributed by atoms with Gasteiger partial charge < -0.3 is 18.9 Å². The Hall–Kier alpha value is -3.28. The van der Waals surface area contributed by atoms with Crippen LogP contribution in [0.2, 0.25) is 0 Å². The molecule has 156 valence electrons. The second-order valence-electron chi connectivity index (χ2n) is 7.67. The molecular weight excluding hydrogens is 378 g/mol. The van der Waals surface area contributed by atoms with Gasteiger partial charge in [0.25, 0.3) is 5.91 Å². The number of likely N-dealkylation sites (tertiary alicyclic amines) is 1. The maximum Gasteiger partial charge on any atom is 0.257 e. The summed E-state index contributed by atoms with van der Waals surface area (Å²) in [6.45, 7) is 4.39. The minimum Gasteiger partial charge on any atom is -0.497 e. The molecule has 0 N–H and O–H groups in total. The van der Waals surface area contributed by atoms with Crippen molar-refractivity contribution in [3.05, 3.63) is 66.0 Å². The van der Waals surface area contributed by atoms with Crippen LogP contribution in [0, 0.1) is 12.8 Å². The number of methoxy groups -OCH3 is 2. The minimum atomic E-state index is 0.00244. The van der Waals surface area contributed by atoms with E-state index in [2.05, 4.69) is 28.6 Å². The number of imidazole rings is 1. The number of aryl methyl sites for hydroxylation is 1. The predicted molar refractivity (Wildman–Crippen MR) is 116 cm³/mol. The number of rotatable bonds is 6. The largest absolute Gasteiger partial charge is 0.497 e. The van der Waals surface area contributed by atoms with E-state index in [4.69, 9.17) is 9.47 Å². The lowest BCUT2D eigenvalue weighted by Crippen LogP contribution is -2.29. The SMILES string of the molecule is COc1ccc(C(=O)N2CCC(Cn3c(C)cnc3-c3ccccc3)C2)c(OC)c1. The maximum absolute atomic E-state index is 13.1. The van der Waals surface area contributed by atoms with Crippen LogP contribution in [0.4, 0.5) is 0 Å². The van der Waals surface area contributed by atoms with Crippen LogP contribution in [0.5, 0.6) is 11.5 Å². The molecule has 0 radical (unpaired) electrons. The highest BCUT2D eigenvalue weighted by molar-refractivity contribution is 5.97.